The molecule has 1 aromatic rings. The van der Waals surface area contributed by atoms with Crippen molar-refractivity contribution in [3.8, 4) is 5.75 Å². The number of hydrogen-bond donors (Lipinski definition) is 3. The first-order chi connectivity index (χ1) is 9.79. The Kier molecular flexibility index (Phi) is 6.21. The van der Waals surface area contributed by atoms with Gasteiger partial charge in [-0.3, -0.25) is 4.79 Å². The molecule has 118 valence electrons. The molecule has 1 aromatic carbocycles. The molecular formula is C17H28N2O2. The topological polar surface area (TPSA) is 61.4 Å². The summed E-state index contributed by atoms with van der Waals surface area (Å²) in [6.45, 7) is 10.4. The minimum atomic E-state index is -0.00663. The van der Waals surface area contributed by atoms with Crippen molar-refractivity contribution < 1.29 is 9.90 Å². The average molecular weight is 292 g/mol. The van der Waals surface area contributed by atoms with Gasteiger partial charge in [0.1, 0.15) is 5.75 Å². The molecule has 0 saturated carbocycles. The normalized spacial score (nSPS) is 13.0. The summed E-state index contributed by atoms with van der Waals surface area (Å²) in [4.78, 5) is 11.7. The fourth-order valence-corrected chi connectivity index (χ4v) is 2.20. The second kappa shape index (κ2) is 7.46. The van der Waals surface area contributed by atoms with Gasteiger partial charge in [-0.15, -0.1) is 0 Å². The summed E-state index contributed by atoms with van der Waals surface area (Å²) in [5.74, 6) is 0.249. The van der Waals surface area contributed by atoms with Gasteiger partial charge in [-0.05, 0) is 51.8 Å². The summed E-state index contributed by atoms with van der Waals surface area (Å²) in [6, 6.07) is 5.20. The van der Waals surface area contributed by atoms with Crippen LogP contribution >= 0.6 is 0 Å². The Morgan fingerprint density at radius 2 is 2.00 bits per heavy atom. The number of benzene rings is 1. The zero-order valence-corrected chi connectivity index (χ0v) is 13.8. The number of carbonyl (C=O) groups is 1. The van der Waals surface area contributed by atoms with E-state index in [2.05, 4.69) is 31.4 Å². The lowest BCUT2D eigenvalue weighted by atomic mass is 9.97. The summed E-state index contributed by atoms with van der Waals surface area (Å²) < 4.78 is 0. The lowest BCUT2D eigenvalue weighted by Crippen LogP contribution is -2.40. The van der Waals surface area contributed by atoms with Crippen molar-refractivity contribution >= 4 is 11.6 Å². The monoisotopic (exact) mass is 292 g/mol. The Labute approximate surface area is 128 Å². The van der Waals surface area contributed by atoms with Gasteiger partial charge in [0.05, 0.1) is 0 Å². The van der Waals surface area contributed by atoms with Gasteiger partial charge in [0.25, 0.3) is 0 Å². The molecule has 0 saturated heterocycles. The Morgan fingerprint density at radius 1 is 1.33 bits per heavy atom. The third-order valence-corrected chi connectivity index (χ3v) is 3.75. The lowest BCUT2D eigenvalue weighted by molar-refractivity contribution is -0.116. The second-order valence-electron chi connectivity index (χ2n) is 6.18. The van der Waals surface area contributed by atoms with Gasteiger partial charge in [0.15, 0.2) is 0 Å². The molecule has 0 fully saturated rings. The van der Waals surface area contributed by atoms with Crippen molar-refractivity contribution in [2.24, 2.45) is 0 Å². The van der Waals surface area contributed by atoms with E-state index in [1.807, 2.05) is 19.9 Å². The molecule has 21 heavy (non-hydrogen) atoms. The SMILES string of the molecule is CCCC(=O)Nc1ccc(O)c(C(C)NC(C)(C)CC)c1. The van der Waals surface area contributed by atoms with E-state index in [9.17, 15) is 9.90 Å². The van der Waals surface area contributed by atoms with Gasteiger partial charge in [0, 0.05) is 29.3 Å². The third-order valence-electron chi connectivity index (χ3n) is 3.75. The summed E-state index contributed by atoms with van der Waals surface area (Å²) in [5, 5.41) is 16.4. The number of phenolic OH excluding ortho intramolecular Hbond substituents is 1. The van der Waals surface area contributed by atoms with E-state index in [1.165, 1.54) is 0 Å². The number of aromatic hydroxyl groups is 1. The van der Waals surface area contributed by atoms with Crippen molar-refractivity contribution in [1.29, 1.82) is 0 Å². The van der Waals surface area contributed by atoms with Crippen LogP contribution in [0.15, 0.2) is 18.2 Å². The van der Waals surface area contributed by atoms with Gasteiger partial charge < -0.3 is 15.7 Å². The average Bonchev–Trinajstić information content (AvgIpc) is 2.40. The highest BCUT2D eigenvalue weighted by molar-refractivity contribution is 5.90. The van der Waals surface area contributed by atoms with E-state index in [-0.39, 0.29) is 23.2 Å². The highest BCUT2D eigenvalue weighted by atomic mass is 16.3. The van der Waals surface area contributed by atoms with Crippen LogP contribution in [-0.4, -0.2) is 16.6 Å². The fourth-order valence-electron chi connectivity index (χ4n) is 2.20. The number of nitrogens with one attached hydrogen (secondary N) is 2. The van der Waals surface area contributed by atoms with Crippen LogP contribution < -0.4 is 10.6 Å². The molecule has 1 rings (SSSR count). The van der Waals surface area contributed by atoms with Gasteiger partial charge in [0.2, 0.25) is 5.91 Å². The first-order valence-electron chi connectivity index (χ1n) is 7.69. The molecule has 4 nitrogen and oxygen atoms in total. The van der Waals surface area contributed by atoms with E-state index in [0.29, 0.717) is 6.42 Å². The Hall–Kier alpha value is -1.55. The van der Waals surface area contributed by atoms with Crippen molar-refractivity contribution in [2.75, 3.05) is 5.32 Å². The summed E-state index contributed by atoms with van der Waals surface area (Å²) in [5.41, 5.74) is 1.52. The van der Waals surface area contributed by atoms with E-state index in [0.717, 1.165) is 24.1 Å². The van der Waals surface area contributed by atoms with Gasteiger partial charge in [-0.1, -0.05) is 13.8 Å². The first kappa shape index (κ1) is 17.5. The molecule has 0 radical (unpaired) electrons. The molecule has 1 unspecified atom stereocenters. The number of rotatable bonds is 7. The first-order valence-corrected chi connectivity index (χ1v) is 7.69. The predicted octanol–water partition coefficient (Wildman–Crippen LogP) is 3.97. The molecule has 0 aliphatic rings. The van der Waals surface area contributed by atoms with Crippen LogP contribution in [0.3, 0.4) is 0 Å². The molecule has 0 spiro atoms. The maximum absolute atomic E-state index is 11.7. The van der Waals surface area contributed by atoms with E-state index >= 15 is 0 Å². The number of amides is 1. The van der Waals surface area contributed by atoms with Gasteiger partial charge in [-0.25, -0.2) is 0 Å². The highest BCUT2D eigenvalue weighted by Crippen LogP contribution is 2.29. The van der Waals surface area contributed by atoms with Crippen LogP contribution in [-0.2, 0) is 4.79 Å². The maximum Gasteiger partial charge on any atom is 0.224 e. The lowest BCUT2D eigenvalue weighted by Gasteiger charge is -2.29. The molecule has 0 bridgehead atoms. The van der Waals surface area contributed by atoms with E-state index in [1.54, 1.807) is 12.1 Å². The third kappa shape index (κ3) is 5.38. The van der Waals surface area contributed by atoms with Crippen molar-refractivity contribution in [1.82, 2.24) is 5.32 Å². The van der Waals surface area contributed by atoms with Gasteiger partial charge in [-0.2, -0.15) is 0 Å². The summed E-state index contributed by atoms with van der Waals surface area (Å²) in [6.07, 6.45) is 2.32. The van der Waals surface area contributed by atoms with E-state index < -0.39 is 0 Å². The minimum Gasteiger partial charge on any atom is -0.508 e. The number of carbonyl (C=O) groups excluding carboxylic acids is 1. The molecule has 1 amide bonds. The summed E-state index contributed by atoms with van der Waals surface area (Å²) >= 11 is 0. The van der Waals surface area contributed by atoms with Crippen molar-refractivity contribution in [3.05, 3.63) is 23.8 Å². The minimum absolute atomic E-state index is 0.00276. The smallest absolute Gasteiger partial charge is 0.224 e. The number of anilines is 1. The Bertz CT molecular complexity index is 484. The van der Waals surface area contributed by atoms with E-state index in [4.69, 9.17) is 0 Å². The Morgan fingerprint density at radius 3 is 2.57 bits per heavy atom. The fraction of sp³-hybridized carbons (Fsp3) is 0.588. The molecule has 0 aromatic heterocycles. The largest absolute Gasteiger partial charge is 0.508 e. The van der Waals surface area contributed by atoms with Crippen LogP contribution in [0.25, 0.3) is 0 Å². The quantitative estimate of drug-likeness (QED) is 0.666. The van der Waals surface area contributed by atoms with Crippen LogP contribution in [0.2, 0.25) is 0 Å². The molecule has 0 heterocycles. The van der Waals surface area contributed by atoms with Crippen molar-refractivity contribution in [2.45, 2.75) is 65.5 Å². The molecule has 0 aliphatic heterocycles. The molecule has 4 heteroatoms. The molecule has 3 N–H and O–H groups in total. The zero-order chi connectivity index (χ0) is 16.0. The van der Waals surface area contributed by atoms with Gasteiger partial charge >= 0.3 is 0 Å². The van der Waals surface area contributed by atoms with Crippen LogP contribution in [0.5, 0.6) is 5.75 Å². The predicted molar refractivity (Wildman–Crippen MR) is 87.6 cm³/mol. The Balaban J connectivity index is 2.89. The zero-order valence-electron chi connectivity index (χ0n) is 13.8. The van der Waals surface area contributed by atoms with Crippen LogP contribution in [0.1, 0.15) is 65.5 Å². The summed E-state index contributed by atoms with van der Waals surface area (Å²) in [7, 11) is 0. The maximum atomic E-state index is 11.7. The van der Waals surface area contributed by atoms with Crippen molar-refractivity contribution in [3.63, 3.8) is 0 Å². The molecular weight excluding hydrogens is 264 g/mol. The molecule has 0 aliphatic carbocycles. The highest BCUT2D eigenvalue weighted by Gasteiger charge is 2.20. The standard InChI is InChI=1S/C17H28N2O2/c1-6-8-16(21)18-13-9-10-15(20)14(11-13)12(3)19-17(4,5)7-2/h9-12,19-20H,6-8H2,1-5H3,(H,18,21). The molecule has 1 atom stereocenters. The second-order valence-corrected chi connectivity index (χ2v) is 6.18. The number of phenols is 1. The van der Waals surface area contributed by atoms with Crippen LogP contribution in [0.4, 0.5) is 5.69 Å². The number of hydrogen-bond acceptors (Lipinski definition) is 3. The van der Waals surface area contributed by atoms with Crippen LogP contribution in [0, 0.1) is 0 Å².